The first kappa shape index (κ1) is 12.9. The molecule has 0 aliphatic heterocycles. The van der Waals surface area contributed by atoms with Crippen LogP contribution in [0.4, 0.5) is 20.3 Å². The molecule has 1 amide bonds. The third-order valence-electron chi connectivity index (χ3n) is 2.54. The second-order valence-electron chi connectivity index (χ2n) is 3.95. The van der Waals surface area contributed by atoms with Gasteiger partial charge in [-0.25, -0.2) is 13.8 Å². The summed E-state index contributed by atoms with van der Waals surface area (Å²) in [5, 5.41) is 2.55. The second-order valence-corrected chi connectivity index (χ2v) is 3.95. The van der Waals surface area contributed by atoms with E-state index in [1.807, 2.05) is 0 Å². The van der Waals surface area contributed by atoms with Crippen molar-refractivity contribution in [1.29, 1.82) is 0 Å². The van der Waals surface area contributed by atoms with Crippen molar-refractivity contribution in [3.05, 3.63) is 53.2 Å². The highest BCUT2D eigenvalue weighted by Gasteiger charge is 2.11. The molecule has 0 aliphatic rings. The van der Waals surface area contributed by atoms with E-state index >= 15 is 0 Å². The molecule has 0 saturated carbocycles. The number of anilines is 2. The number of aryl methyl sites for hydroxylation is 1. The molecule has 19 heavy (non-hydrogen) atoms. The number of nitrogens with zero attached hydrogens (tertiary/aromatic N) is 1. The molecule has 4 nitrogen and oxygen atoms in total. The van der Waals surface area contributed by atoms with Crippen molar-refractivity contribution in [2.24, 2.45) is 0 Å². The Hall–Kier alpha value is -2.50. The van der Waals surface area contributed by atoms with Crippen LogP contribution in [0.2, 0.25) is 0 Å². The van der Waals surface area contributed by atoms with Gasteiger partial charge in [0.25, 0.3) is 5.91 Å². The van der Waals surface area contributed by atoms with E-state index in [1.165, 1.54) is 12.1 Å². The Morgan fingerprint density at radius 2 is 1.95 bits per heavy atom. The van der Waals surface area contributed by atoms with E-state index < -0.39 is 17.5 Å². The lowest BCUT2D eigenvalue weighted by atomic mass is 10.2. The first-order valence-electron chi connectivity index (χ1n) is 5.47. The number of hydrogen-bond acceptors (Lipinski definition) is 3. The van der Waals surface area contributed by atoms with Gasteiger partial charge in [-0.1, -0.05) is 0 Å². The third-order valence-corrected chi connectivity index (χ3v) is 2.54. The topological polar surface area (TPSA) is 68.0 Å². The van der Waals surface area contributed by atoms with Gasteiger partial charge in [0.05, 0.1) is 11.4 Å². The van der Waals surface area contributed by atoms with Crippen molar-refractivity contribution in [2.75, 3.05) is 11.1 Å². The van der Waals surface area contributed by atoms with E-state index in [9.17, 15) is 13.6 Å². The molecule has 0 fully saturated rings. The van der Waals surface area contributed by atoms with Crippen LogP contribution in [0, 0.1) is 18.6 Å². The molecule has 0 bridgehead atoms. The third kappa shape index (κ3) is 2.85. The van der Waals surface area contributed by atoms with Gasteiger partial charge in [-0.05, 0) is 37.3 Å². The van der Waals surface area contributed by atoms with Crippen LogP contribution in [0.3, 0.4) is 0 Å². The van der Waals surface area contributed by atoms with Gasteiger partial charge in [0, 0.05) is 5.56 Å². The van der Waals surface area contributed by atoms with Crippen LogP contribution >= 0.6 is 0 Å². The van der Waals surface area contributed by atoms with Crippen LogP contribution in [-0.2, 0) is 0 Å². The molecular formula is C13H11F2N3O. The molecule has 0 atom stereocenters. The van der Waals surface area contributed by atoms with Gasteiger partial charge in [-0.15, -0.1) is 0 Å². The molecular weight excluding hydrogens is 252 g/mol. The number of rotatable bonds is 2. The molecule has 0 spiro atoms. The number of nitrogen functional groups attached to an aromatic ring is 1. The maximum absolute atomic E-state index is 13.0. The molecule has 3 N–H and O–H groups in total. The minimum atomic E-state index is -1.07. The zero-order chi connectivity index (χ0) is 14.0. The SMILES string of the molecule is Cc1nc(N)ccc1NC(=O)c1ccc(F)c(F)c1. The van der Waals surface area contributed by atoms with Gasteiger partial charge in [0.2, 0.25) is 0 Å². The number of halogens is 2. The summed E-state index contributed by atoms with van der Waals surface area (Å²) in [6.07, 6.45) is 0. The maximum atomic E-state index is 13.0. The predicted molar refractivity (Wildman–Crippen MR) is 67.7 cm³/mol. The van der Waals surface area contributed by atoms with Gasteiger partial charge in [-0.3, -0.25) is 4.79 Å². The Kier molecular flexibility index (Phi) is 3.41. The van der Waals surface area contributed by atoms with E-state index in [1.54, 1.807) is 13.0 Å². The van der Waals surface area contributed by atoms with E-state index in [0.29, 0.717) is 17.2 Å². The summed E-state index contributed by atoms with van der Waals surface area (Å²) in [4.78, 5) is 15.8. The Labute approximate surface area is 108 Å². The molecule has 0 saturated heterocycles. The summed E-state index contributed by atoms with van der Waals surface area (Å²) in [7, 11) is 0. The molecule has 2 aromatic rings. The van der Waals surface area contributed by atoms with Crippen molar-refractivity contribution in [3.8, 4) is 0 Å². The highest BCUT2D eigenvalue weighted by Crippen LogP contribution is 2.16. The van der Waals surface area contributed by atoms with Gasteiger partial charge in [0.15, 0.2) is 11.6 Å². The van der Waals surface area contributed by atoms with E-state index in [4.69, 9.17) is 5.73 Å². The first-order chi connectivity index (χ1) is 8.97. The number of carbonyl (C=O) groups is 1. The number of aromatic nitrogens is 1. The molecule has 6 heteroatoms. The Morgan fingerprint density at radius 3 is 2.58 bits per heavy atom. The molecule has 1 heterocycles. The smallest absolute Gasteiger partial charge is 0.255 e. The molecule has 0 unspecified atom stereocenters. The monoisotopic (exact) mass is 263 g/mol. The summed E-state index contributed by atoms with van der Waals surface area (Å²) in [5.41, 5.74) is 6.51. The van der Waals surface area contributed by atoms with Crippen LogP contribution in [0.1, 0.15) is 16.1 Å². The first-order valence-corrected chi connectivity index (χ1v) is 5.47. The fraction of sp³-hybridized carbons (Fsp3) is 0.0769. The highest BCUT2D eigenvalue weighted by atomic mass is 19.2. The Balaban J connectivity index is 2.23. The Bertz CT molecular complexity index is 644. The van der Waals surface area contributed by atoms with Crippen molar-refractivity contribution in [1.82, 2.24) is 4.98 Å². The van der Waals surface area contributed by atoms with Crippen LogP contribution in [0.5, 0.6) is 0 Å². The molecule has 1 aromatic carbocycles. The second kappa shape index (κ2) is 5.01. The average molecular weight is 263 g/mol. The van der Waals surface area contributed by atoms with Crippen molar-refractivity contribution in [2.45, 2.75) is 6.92 Å². The maximum Gasteiger partial charge on any atom is 0.255 e. The van der Waals surface area contributed by atoms with Crippen molar-refractivity contribution >= 4 is 17.4 Å². The zero-order valence-corrected chi connectivity index (χ0v) is 10.1. The van der Waals surface area contributed by atoms with Gasteiger partial charge in [-0.2, -0.15) is 0 Å². The minimum Gasteiger partial charge on any atom is -0.384 e. The summed E-state index contributed by atoms with van der Waals surface area (Å²) in [6.45, 7) is 1.68. The van der Waals surface area contributed by atoms with E-state index in [0.717, 1.165) is 12.1 Å². The minimum absolute atomic E-state index is 0.0233. The van der Waals surface area contributed by atoms with E-state index in [-0.39, 0.29) is 5.56 Å². The largest absolute Gasteiger partial charge is 0.384 e. The zero-order valence-electron chi connectivity index (χ0n) is 10.1. The number of benzene rings is 1. The van der Waals surface area contributed by atoms with Crippen LogP contribution in [0.15, 0.2) is 30.3 Å². The normalized spacial score (nSPS) is 10.3. The van der Waals surface area contributed by atoms with Crippen molar-refractivity contribution in [3.63, 3.8) is 0 Å². The fourth-order valence-corrected chi connectivity index (χ4v) is 1.54. The lowest BCUT2D eigenvalue weighted by molar-refractivity contribution is 0.102. The lowest BCUT2D eigenvalue weighted by Crippen LogP contribution is -2.14. The molecule has 98 valence electrons. The van der Waals surface area contributed by atoms with Crippen LogP contribution < -0.4 is 11.1 Å². The quantitative estimate of drug-likeness (QED) is 0.874. The molecule has 0 radical (unpaired) electrons. The summed E-state index contributed by atoms with van der Waals surface area (Å²) >= 11 is 0. The number of carbonyl (C=O) groups excluding carboxylic acids is 1. The van der Waals surface area contributed by atoms with Gasteiger partial charge >= 0.3 is 0 Å². The number of nitrogens with two attached hydrogens (primary N) is 1. The Morgan fingerprint density at radius 1 is 1.21 bits per heavy atom. The molecule has 2 rings (SSSR count). The predicted octanol–water partition coefficient (Wildman–Crippen LogP) is 2.50. The number of pyridine rings is 1. The van der Waals surface area contributed by atoms with E-state index in [2.05, 4.69) is 10.3 Å². The van der Waals surface area contributed by atoms with Crippen LogP contribution in [-0.4, -0.2) is 10.9 Å². The fourth-order valence-electron chi connectivity index (χ4n) is 1.54. The lowest BCUT2D eigenvalue weighted by Gasteiger charge is -2.08. The molecule has 1 aromatic heterocycles. The number of nitrogens with one attached hydrogen (secondary N) is 1. The standard InChI is InChI=1S/C13H11F2N3O/c1-7-11(4-5-12(16)17-7)18-13(19)8-2-3-9(14)10(15)6-8/h2-6H,1H3,(H2,16,17)(H,18,19). The summed E-state index contributed by atoms with van der Waals surface area (Å²) in [5.74, 6) is -2.28. The van der Waals surface area contributed by atoms with Crippen molar-refractivity contribution < 1.29 is 13.6 Å². The summed E-state index contributed by atoms with van der Waals surface area (Å²) in [6, 6.07) is 6.07. The highest BCUT2D eigenvalue weighted by molar-refractivity contribution is 6.04. The van der Waals surface area contributed by atoms with Gasteiger partial charge in [0.1, 0.15) is 5.82 Å². The van der Waals surface area contributed by atoms with Crippen LogP contribution in [0.25, 0.3) is 0 Å². The number of hydrogen-bond donors (Lipinski definition) is 2. The number of amides is 1. The average Bonchev–Trinajstić information content (AvgIpc) is 2.36. The van der Waals surface area contributed by atoms with Gasteiger partial charge < -0.3 is 11.1 Å². The molecule has 0 aliphatic carbocycles. The summed E-state index contributed by atoms with van der Waals surface area (Å²) < 4.78 is 25.8.